The van der Waals surface area contributed by atoms with Crippen LogP contribution in [0.2, 0.25) is 0 Å². The molecule has 1 aromatic rings. The zero-order valence-electron chi connectivity index (χ0n) is 15.3. The van der Waals surface area contributed by atoms with E-state index < -0.39 is 0 Å². The highest BCUT2D eigenvalue weighted by Crippen LogP contribution is 2.55. The molecule has 4 heteroatoms. The smallest absolute Gasteiger partial charge is 0.220 e. The van der Waals surface area contributed by atoms with Gasteiger partial charge in [-0.25, -0.2) is 0 Å². The maximum absolute atomic E-state index is 12.7. The van der Waals surface area contributed by atoms with Gasteiger partial charge in [-0.3, -0.25) is 4.79 Å². The van der Waals surface area contributed by atoms with Crippen LogP contribution in [0, 0.1) is 17.8 Å². The normalized spacial score (nSPS) is 32.5. The maximum atomic E-state index is 12.7. The lowest BCUT2D eigenvalue weighted by molar-refractivity contribution is -0.126. The van der Waals surface area contributed by atoms with E-state index in [1.165, 1.54) is 38.5 Å². The second-order valence-electron chi connectivity index (χ2n) is 8.42. The minimum atomic E-state index is 0.101. The van der Waals surface area contributed by atoms with Crippen molar-refractivity contribution in [3.05, 3.63) is 23.8 Å². The molecule has 0 radical (unpaired) electrons. The molecule has 4 aliphatic rings. The number of hydrogen-bond donors (Lipinski definition) is 1. The van der Waals surface area contributed by atoms with Crippen LogP contribution >= 0.6 is 0 Å². The first-order valence-electron chi connectivity index (χ1n) is 9.61. The fourth-order valence-corrected chi connectivity index (χ4v) is 5.95. The molecule has 5 rings (SSSR count). The Morgan fingerprint density at radius 3 is 2.28 bits per heavy atom. The third-order valence-corrected chi connectivity index (χ3v) is 6.55. The van der Waals surface area contributed by atoms with E-state index >= 15 is 0 Å². The topological polar surface area (TPSA) is 47.6 Å². The highest BCUT2D eigenvalue weighted by Gasteiger charge is 2.51. The average molecular weight is 343 g/mol. The van der Waals surface area contributed by atoms with Crippen molar-refractivity contribution in [1.29, 1.82) is 0 Å². The largest absolute Gasteiger partial charge is 0.497 e. The van der Waals surface area contributed by atoms with E-state index in [2.05, 4.69) is 5.32 Å². The summed E-state index contributed by atoms with van der Waals surface area (Å²) in [6, 6.07) is 5.76. The molecule has 0 unspecified atom stereocenters. The number of amides is 1. The molecule has 0 spiro atoms. The highest BCUT2D eigenvalue weighted by atomic mass is 16.5. The summed E-state index contributed by atoms with van der Waals surface area (Å²) in [6.45, 7) is 0. The van der Waals surface area contributed by atoms with E-state index in [4.69, 9.17) is 9.47 Å². The predicted molar refractivity (Wildman–Crippen MR) is 96.9 cm³/mol. The molecule has 4 bridgehead atoms. The molecule has 0 atom stereocenters. The van der Waals surface area contributed by atoms with Crippen molar-refractivity contribution in [2.75, 3.05) is 14.2 Å². The zero-order valence-corrected chi connectivity index (χ0v) is 15.3. The van der Waals surface area contributed by atoms with Crippen LogP contribution in [-0.2, 0) is 11.2 Å². The molecule has 136 valence electrons. The van der Waals surface area contributed by atoms with Crippen molar-refractivity contribution in [3.63, 3.8) is 0 Å². The average Bonchev–Trinajstić information content (AvgIpc) is 2.58. The molecule has 0 saturated heterocycles. The summed E-state index contributed by atoms with van der Waals surface area (Å²) in [5, 5.41) is 3.45. The monoisotopic (exact) mass is 343 g/mol. The predicted octanol–water partition coefficient (Wildman–Crippen LogP) is 3.72. The Balaban J connectivity index is 1.38. The first-order chi connectivity index (χ1) is 12.1. The summed E-state index contributed by atoms with van der Waals surface area (Å²) in [7, 11) is 3.33. The van der Waals surface area contributed by atoms with Gasteiger partial charge >= 0.3 is 0 Å². The van der Waals surface area contributed by atoms with Crippen LogP contribution in [0.4, 0.5) is 0 Å². The van der Waals surface area contributed by atoms with Gasteiger partial charge in [-0.15, -0.1) is 0 Å². The van der Waals surface area contributed by atoms with E-state index in [1.807, 2.05) is 18.2 Å². The molecule has 4 saturated carbocycles. The van der Waals surface area contributed by atoms with Gasteiger partial charge in [0.05, 0.1) is 14.2 Å². The Bertz CT molecular complexity index is 619. The molecule has 4 fully saturated rings. The molecule has 1 N–H and O–H groups in total. The van der Waals surface area contributed by atoms with Crippen LogP contribution in [0.3, 0.4) is 0 Å². The number of carbonyl (C=O) groups is 1. The van der Waals surface area contributed by atoms with Gasteiger partial charge < -0.3 is 14.8 Å². The van der Waals surface area contributed by atoms with Crippen molar-refractivity contribution < 1.29 is 14.3 Å². The Morgan fingerprint density at radius 1 is 1.08 bits per heavy atom. The second kappa shape index (κ2) is 6.54. The molecule has 0 aliphatic heterocycles. The lowest BCUT2D eigenvalue weighted by atomic mass is 9.53. The lowest BCUT2D eigenvalue weighted by Crippen LogP contribution is -2.59. The van der Waals surface area contributed by atoms with Crippen molar-refractivity contribution in [3.8, 4) is 11.5 Å². The number of ether oxygens (including phenoxy) is 2. The number of nitrogens with one attached hydrogen (secondary N) is 1. The Hall–Kier alpha value is -1.71. The van der Waals surface area contributed by atoms with Gasteiger partial charge in [0.15, 0.2) is 0 Å². The summed E-state index contributed by atoms with van der Waals surface area (Å²) in [4.78, 5) is 12.7. The summed E-state index contributed by atoms with van der Waals surface area (Å²) in [6.07, 6.45) is 8.99. The summed E-state index contributed by atoms with van der Waals surface area (Å²) >= 11 is 0. The third kappa shape index (κ3) is 3.36. The van der Waals surface area contributed by atoms with Gasteiger partial charge in [0.25, 0.3) is 0 Å². The molecule has 4 nitrogen and oxygen atoms in total. The molecule has 0 heterocycles. The molecule has 1 amide bonds. The highest BCUT2D eigenvalue weighted by molar-refractivity contribution is 5.77. The number of benzene rings is 1. The number of hydrogen-bond acceptors (Lipinski definition) is 3. The van der Waals surface area contributed by atoms with Gasteiger partial charge in [-0.2, -0.15) is 0 Å². The summed E-state index contributed by atoms with van der Waals surface area (Å²) < 4.78 is 10.7. The number of rotatable bonds is 6. The van der Waals surface area contributed by atoms with Crippen LogP contribution in [0.5, 0.6) is 11.5 Å². The molecular formula is C21H29NO3. The van der Waals surface area contributed by atoms with Gasteiger partial charge in [0.2, 0.25) is 5.91 Å². The molecule has 0 aromatic heterocycles. The minimum Gasteiger partial charge on any atom is -0.497 e. The van der Waals surface area contributed by atoms with Crippen molar-refractivity contribution in [2.45, 2.75) is 56.9 Å². The molecule has 25 heavy (non-hydrogen) atoms. The molecule has 1 aromatic carbocycles. The third-order valence-electron chi connectivity index (χ3n) is 6.55. The van der Waals surface area contributed by atoms with Crippen LogP contribution in [0.15, 0.2) is 18.2 Å². The van der Waals surface area contributed by atoms with Crippen LogP contribution in [-0.4, -0.2) is 25.7 Å². The Labute approximate surface area is 150 Å². The first-order valence-corrected chi connectivity index (χ1v) is 9.61. The van der Waals surface area contributed by atoms with E-state index in [0.717, 1.165) is 34.8 Å². The van der Waals surface area contributed by atoms with Crippen molar-refractivity contribution in [2.24, 2.45) is 17.8 Å². The van der Waals surface area contributed by atoms with Crippen LogP contribution in [0.25, 0.3) is 0 Å². The quantitative estimate of drug-likeness (QED) is 0.856. The van der Waals surface area contributed by atoms with Crippen molar-refractivity contribution >= 4 is 5.91 Å². The van der Waals surface area contributed by atoms with E-state index in [9.17, 15) is 4.79 Å². The van der Waals surface area contributed by atoms with Gasteiger partial charge in [0, 0.05) is 12.0 Å². The molecular weight excluding hydrogens is 314 g/mol. The summed E-state index contributed by atoms with van der Waals surface area (Å²) in [5.41, 5.74) is 1.13. The van der Waals surface area contributed by atoms with Crippen LogP contribution < -0.4 is 14.8 Å². The van der Waals surface area contributed by atoms with Gasteiger partial charge in [-0.1, -0.05) is 0 Å². The summed E-state index contributed by atoms with van der Waals surface area (Å²) in [5.74, 6) is 4.37. The fourth-order valence-electron chi connectivity index (χ4n) is 5.95. The van der Waals surface area contributed by atoms with Crippen molar-refractivity contribution in [1.82, 2.24) is 5.32 Å². The number of methoxy groups -OCH3 is 2. The van der Waals surface area contributed by atoms with Gasteiger partial charge in [0.1, 0.15) is 11.5 Å². The zero-order chi connectivity index (χ0) is 17.4. The van der Waals surface area contributed by atoms with E-state index in [0.29, 0.717) is 12.8 Å². The minimum absolute atomic E-state index is 0.101. The lowest BCUT2D eigenvalue weighted by Gasteiger charge is -2.56. The SMILES string of the molecule is COc1ccc(OC)c(CCC(=O)NC23CC4CC(CC(C4)C2)C3)c1. The standard InChI is InChI=1S/C21H29NO3/c1-24-18-4-5-19(25-2)17(10-18)3-6-20(23)22-21-11-14-7-15(12-21)9-16(8-14)13-21/h4-5,10,14-16H,3,6-9,11-13H2,1-2H3,(H,22,23). The second-order valence-corrected chi connectivity index (χ2v) is 8.42. The first kappa shape index (κ1) is 16.7. The number of carbonyl (C=O) groups excluding carboxylic acids is 1. The Kier molecular flexibility index (Phi) is 4.38. The Morgan fingerprint density at radius 2 is 1.72 bits per heavy atom. The van der Waals surface area contributed by atoms with Crippen LogP contribution in [0.1, 0.15) is 50.5 Å². The fraction of sp³-hybridized carbons (Fsp3) is 0.667. The van der Waals surface area contributed by atoms with E-state index in [-0.39, 0.29) is 11.4 Å². The van der Waals surface area contributed by atoms with Gasteiger partial charge in [-0.05, 0) is 86.5 Å². The number of aryl methyl sites for hydroxylation is 1. The maximum Gasteiger partial charge on any atom is 0.220 e. The van der Waals surface area contributed by atoms with E-state index in [1.54, 1.807) is 14.2 Å². The molecule has 4 aliphatic carbocycles.